The lowest BCUT2D eigenvalue weighted by Gasteiger charge is -2.16. The van der Waals surface area contributed by atoms with Gasteiger partial charge in [0.05, 0.1) is 36.1 Å². The van der Waals surface area contributed by atoms with Crippen LogP contribution in [0.5, 0.6) is 0 Å². The third-order valence-electron chi connectivity index (χ3n) is 5.47. The van der Waals surface area contributed by atoms with Crippen molar-refractivity contribution in [2.45, 2.75) is 12.5 Å². The van der Waals surface area contributed by atoms with Crippen molar-refractivity contribution in [2.75, 3.05) is 18.5 Å². The Morgan fingerprint density at radius 1 is 1.06 bits per heavy atom. The van der Waals surface area contributed by atoms with Crippen LogP contribution in [0.2, 0.25) is 0 Å². The van der Waals surface area contributed by atoms with Crippen molar-refractivity contribution in [1.29, 1.82) is 0 Å². The highest BCUT2D eigenvalue weighted by Gasteiger charge is 2.14. The monoisotopic (exact) mass is 438 g/mol. The fraction of sp³-hybridized carbons (Fsp3) is 0.167. The van der Waals surface area contributed by atoms with E-state index >= 15 is 0 Å². The minimum absolute atomic E-state index is 0.0121. The van der Waals surface area contributed by atoms with Gasteiger partial charge in [-0.2, -0.15) is 5.10 Å². The predicted molar refractivity (Wildman–Crippen MR) is 127 cm³/mol. The Hall–Kier alpha value is -4.24. The van der Waals surface area contributed by atoms with E-state index in [1.165, 1.54) is 6.33 Å². The van der Waals surface area contributed by atoms with E-state index in [1.807, 2.05) is 36.4 Å². The first kappa shape index (κ1) is 20.7. The van der Waals surface area contributed by atoms with Gasteiger partial charge in [-0.3, -0.25) is 9.97 Å². The van der Waals surface area contributed by atoms with Gasteiger partial charge in [-0.25, -0.2) is 19.6 Å². The summed E-state index contributed by atoms with van der Waals surface area (Å²) in [6.45, 7) is 5.03. The number of nitrogens with one attached hydrogen (secondary N) is 1. The quantitative estimate of drug-likeness (QED) is 0.355. The van der Waals surface area contributed by atoms with Crippen molar-refractivity contribution in [3.8, 4) is 11.3 Å². The van der Waals surface area contributed by atoms with Crippen LogP contribution in [-0.4, -0.2) is 53.0 Å². The molecule has 0 aromatic carbocycles. The van der Waals surface area contributed by atoms with Gasteiger partial charge in [0.1, 0.15) is 12.1 Å². The fourth-order valence-corrected chi connectivity index (χ4v) is 3.82. The third kappa shape index (κ3) is 4.13. The van der Waals surface area contributed by atoms with E-state index in [0.29, 0.717) is 18.9 Å². The number of pyridine rings is 3. The van der Waals surface area contributed by atoms with Gasteiger partial charge in [0.25, 0.3) is 0 Å². The summed E-state index contributed by atoms with van der Waals surface area (Å²) in [6, 6.07) is 9.69. The normalized spacial score (nSPS) is 12.2. The zero-order valence-corrected chi connectivity index (χ0v) is 17.8. The Kier molecular flexibility index (Phi) is 5.69. The Morgan fingerprint density at radius 2 is 2.00 bits per heavy atom. The molecule has 9 nitrogen and oxygen atoms in total. The van der Waals surface area contributed by atoms with Crippen molar-refractivity contribution in [2.24, 2.45) is 0 Å². The summed E-state index contributed by atoms with van der Waals surface area (Å²) in [6.07, 6.45) is 10.5. The molecule has 0 aliphatic carbocycles. The van der Waals surface area contributed by atoms with Crippen LogP contribution < -0.4 is 5.32 Å². The van der Waals surface area contributed by atoms with E-state index in [0.717, 1.165) is 38.9 Å². The zero-order valence-electron chi connectivity index (χ0n) is 17.8. The number of aromatic nitrogens is 7. The summed E-state index contributed by atoms with van der Waals surface area (Å²) >= 11 is 0. The Balaban J connectivity index is 1.37. The summed E-state index contributed by atoms with van der Waals surface area (Å²) in [5.74, 6) is 0.730. The summed E-state index contributed by atoms with van der Waals surface area (Å²) in [4.78, 5) is 22.2. The van der Waals surface area contributed by atoms with E-state index in [2.05, 4.69) is 41.9 Å². The zero-order chi connectivity index (χ0) is 22.6. The molecule has 5 aromatic heterocycles. The molecule has 0 aliphatic rings. The number of rotatable bonds is 8. The molecule has 1 atom stereocenters. The summed E-state index contributed by atoms with van der Waals surface area (Å²) in [5, 5.41) is 17.7. The van der Waals surface area contributed by atoms with Crippen LogP contribution in [0.3, 0.4) is 0 Å². The summed E-state index contributed by atoms with van der Waals surface area (Å²) in [7, 11) is 0. The maximum atomic E-state index is 9.17. The molecule has 0 saturated heterocycles. The van der Waals surface area contributed by atoms with Crippen molar-refractivity contribution in [3.63, 3.8) is 0 Å². The van der Waals surface area contributed by atoms with E-state index in [4.69, 9.17) is 5.11 Å². The molecule has 0 fully saturated rings. The van der Waals surface area contributed by atoms with Crippen molar-refractivity contribution in [1.82, 2.24) is 34.7 Å². The fourth-order valence-electron chi connectivity index (χ4n) is 3.82. The first-order valence-electron chi connectivity index (χ1n) is 10.6. The maximum Gasteiger partial charge on any atom is 0.157 e. The Morgan fingerprint density at radius 3 is 2.88 bits per heavy atom. The van der Waals surface area contributed by atoms with Gasteiger partial charge in [0, 0.05) is 48.1 Å². The molecular formula is C24H22N8O. The molecule has 0 unspecified atom stereocenters. The summed E-state index contributed by atoms with van der Waals surface area (Å²) in [5.41, 5.74) is 5.13. The van der Waals surface area contributed by atoms with Gasteiger partial charge in [0.2, 0.25) is 0 Å². The summed E-state index contributed by atoms with van der Waals surface area (Å²) < 4.78 is 1.68. The average molecular weight is 438 g/mol. The van der Waals surface area contributed by atoms with E-state index < -0.39 is 0 Å². The topological polar surface area (TPSA) is 115 Å². The highest BCUT2D eigenvalue weighted by molar-refractivity contribution is 5.80. The van der Waals surface area contributed by atoms with Crippen LogP contribution in [0.15, 0.2) is 74.1 Å². The van der Waals surface area contributed by atoms with Crippen LogP contribution in [0.1, 0.15) is 11.5 Å². The lowest BCUT2D eigenvalue weighted by molar-refractivity contribution is 0.271. The number of aliphatic hydroxyl groups excluding tert-OH is 1. The molecule has 0 radical (unpaired) electrons. The molecule has 33 heavy (non-hydrogen) atoms. The second kappa shape index (κ2) is 9.09. The first-order valence-corrected chi connectivity index (χ1v) is 10.6. The Bertz CT molecular complexity index is 1430. The van der Waals surface area contributed by atoms with Gasteiger partial charge in [0.15, 0.2) is 5.65 Å². The smallest absolute Gasteiger partial charge is 0.157 e. The number of nitrogens with zero attached hydrogens (tertiary/aromatic N) is 7. The van der Waals surface area contributed by atoms with Crippen LogP contribution in [0.4, 0.5) is 5.82 Å². The predicted octanol–water partition coefficient (Wildman–Crippen LogP) is 3.21. The lowest BCUT2D eigenvalue weighted by Crippen LogP contribution is -2.12. The minimum atomic E-state index is 0.0121. The number of anilines is 1. The molecule has 0 aliphatic heterocycles. The molecule has 0 spiro atoms. The van der Waals surface area contributed by atoms with Crippen molar-refractivity contribution < 1.29 is 5.11 Å². The molecule has 0 saturated carbocycles. The SMILES string of the molecule is C=C[C@H](CNc1cc(-c2cnc3c(cnn3CCO)c2)ncn1)c1ccnc2cccnc12. The van der Waals surface area contributed by atoms with Crippen LogP contribution in [0.25, 0.3) is 33.3 Å². The number of hydrogen-bond acceptors (Lipinski definition) is 8. The number of hydrogen-bond donors (Lipinski definition) is 2. The van der Waals surface area contributed by atoms with Gasteiger partial charge in [-0.15, -0.1) is 6.58 Å². The molecule has 2 N–H and O–H groups in total. The van der Waals surface area contributed by atoms with E-state index in [9.17, 15) is 0 Å². The van der Waals surface area contributed by atoms with Crippen molar-refractivity contribution in [3.05, 3.63) is 79.7 Å². The van der Waals surface area contributed by atoms with Crippen molar-refractivity contribution >= 4 is 27.9 Å². The second-order valence-electron chi connectivity index (χ2n) is 7.51. The second-order valence-corrected chi connectivity index (χ2v) is 7.51. The van der Waals surface area contributed by atoms with E-state index in [-0.39, 0.29) is 12.5 Å². The van der Waals surface area contributed by atoms with E-state index in [1.54, 1.807) is 29.5 Å². The molecular weight excluding hydrogens is 416 g/mol. The lowest BCUT2D eigenvalue weighted by atomic mass is 9.98. The Labute approximate surface area is 189 Å². The van der Waals surface area contributed by atoms with Crippen LogP contribution in [-0.2, 0) is 6.54 Å². The first-order chi connectivity index (χ1) is 16.3. The van der Waals surface area contributed by atoms with Crippen LogP contribution in [0, 0.1) is 0 Å². The third-order valence-corrected chi connectivity index (χ3v) is 5.47. The van der Waals surface area contributed by atoms with Gasteiger partial charge in [-0.05, 0) is 29.8 Å². The molecule has 5 aromatic rings. The molecule has 9 heteroatoms. The maximum absolute atomic E-state index is 9.17. The number of aliphatic hydroxyl groups is 1. The standard InChI is InChI=1S/C24H22N8O/c1-2-16(19-5-7-25-20-4-3-6-26-23(19)20)12-27-22-11-21(29-15-30-22)17-10-18-14-31-32(8-9-33)24(18)28-13-17/h2-7,10-11,13-16,33H,1,8-9,12H2,(H,27,29,30)/t16-/m1/s1. The molecule has 5 rings (SSSR count). The molecule has 5 heterocycles. The highest BCUT2D eigenvalue weighted by atomic mass is 16.3. The minimum Gasteiger partial charge on any atom is -0.394 e. The molecule has 0 amide bonds. The molecule has 164 valence electrons. The van der Waals surface area contributed by atoms with Gasteiger partial charge in [-0.1, -0.05) is 6.08 Å². The van der Waals surface area contributed by atoms with Gasteiger partial charge < -0.3 is 10.4 Å². The largest absolute Gasteiger partial charge is 0.394 e. The average Bonchev–Trinajstić information content (AvgIpc) is 3.27. The number of fused-ring (bicyclic) bond motifs is 2. The highest BCUT2D eigenvalue weighted by Crippen LogP contribution is 2.25. The molecule has 0 bridgehead atoms. The van der Waals surface area contributed by atoms with Gasteiger partial charge >= 0.3 is 0 Å². The van der Waals surface area contributed by atoms with Crippen LogP contribution >= 0.6 is 0 Å².